The summed E-state index contributed by atoms with van der Waals surface area (Å²) < 4.78 is 10.7. The minimum atomic E-state index is 0.298. The third-order valence-electron chi connectivity index (χ3n) is 3.95. The van der Waals surface area contributed by atoms with Gasteiger partial charge < -0.3 is 25.2 Å². The molecule has 146 valence electrons. The third-order valence-corrected chi connectivity index (χ3v) is 3.95. The van der Waals surface area contributed by atoms with Crippen molar-refractivity contribution in [3.8, 4) is 11.5 Å². The van der Waals surface area contributed by atoms with Crippen LogP contribution in [0.5, 0.6) is 11.5 Å². The van der Waals surface area contributed by atoms with E-state index in [1.165, 1.54) is 5.56 Å². The maximum atomic E-state index is 9.31. The SMILES string of the molecule is CN=C(NCCCc1ccc(O)cc1)Nc1cccc(OCCCOC)c1. The number of benzene rings is 2. The molecule has 0 heterocycles. The number of anilines is 1. The van der Waals surface area contributed by atoms with Gasteiger partial charge in [-0.15, -0.1) is 0 Å². The zero-order valence-corrected chi connectivity index (χ0v) is 16.1. The van der Waals surface area contributed by atoms with Crippen LogP contribution in [0.25, 0.3) is 0 Å². The molecule has 0 radical (unpaired) electrons. The Balaban J connectivity index is 1.74. The molecule has 3 N–H and O–H groups in total. The van der Waals surface area contributed by atoms with Crippen molar-refractivity contribution in [2.24, 2.45) is 4.99 Å². The zero-order valence-electron chi connectivity index (χ0n) is 16.1. The molecular formula is C21H29N3O3. The third kappa shape index (κ3) is 8.00. The van der Waals surface area contributed by atoms with Gasteiger partial charge in [-0.25, -0.2) is 0 Å². The van der Waals surface area contributed by atoms with Crippen LogP contribution in [0.1, 0.15) is 18.4 Å². The van der Waals surface area contributed by atoms with Crippen LogP contribution in [0.2, 0.25) is 0 Å². The Bertz CT molecular complexity index is 702. The first-order valence-electron chi connectivity index (χ1n) is 9.18. The van der Waals surface area contributed by atoms with Crippen LogP contribution in [-0.2, 0) is 11.2 Å². The first-order chi connectivity index (χ1) is 13.2. The van der Waals surface area contributed by atoms with E-state index in [1.807, 2.05) is 36.4 Å². The average Bonchev–Trinajstić information content (AvgIpc) is 2.69. The van der Waals surface area contributed by atoms with Crippen LogP contribution < -0.4 is 15.4 Å². The van der Waals surface area contributed by atoms with Crippen molar-refractivity contribution in [2.75, 3.05) is 39.2 Å². The number of methoxy groups -OCH3 is 1. The van der Waals surface area contributed by atoms with E-state index in [0.29, 0.717) is 19.0 Å². The maximum Gasteiger partial charge on any atom is 0.195 e. The van der Waals surface area contributed by atoms with Crippen molar-refractivity contribution in [3.63, 3.8) is 0 Å². The minimum Gasteiger partial charge on any atom is -0.508 e. The van der Waals surface area contributed by atoms with E-state index in [9.17, 15) is 5.11 Å². The van der Waals surface area contributed by atoms with Gasteiger partial charge in [0, 0.05) is 45.5 Å². The van der Waals surface area contributed by atoms with Gasteiger partial charge in [-0.1, -0.05) is 18.2 Å². The summed E-state index contributed by atoms with van der Waals surface area (Å²) >= 11 is 0. The molecule has 0 amide bonds. The molecule has 2 aromatic rings. The first-order valence-corrected chi connectivity index (χ1v) is 9.18. The quantitative estimate of drug-likeness (QED) is 0.339. The number of aliphatic imine (C=N–C) groups is 1. The summed E-state index contributed by atoms with van der Waals surface area (Å²) in [5.41, 5.74) is 2.13. The fourth-order valence-electron chi connectivity index (χ4n) is 2.53. The molecular weight excluding hydrogens is 342 g/mol. The molecule has 0 aliphatic rings. The van der Waals surface area contributed by atoms with Crippen molar-refractivity contribution >= 4 is 11.6 Å². The van der Waals surface area contributed by atoms with Crippen molar-refractivity contribution < 1.29 is 14.6 Å². The average molecular weight is 371 g/mol. The van der Waals surface area contributed by atoms with Gasteiger partial charge in [-0.2, -0.15) is 0 Å². The van der Waals surface area contributed by atoms with Gasteiger partial charge in [-0.3, -0.25) is 4.99 Å². The summed E-state index contributed by atoms with van der Waals surface area (Å²) in [5.74, 6) is 1.84. The fourth-order valence-corrected chi connectivity index (χ4v) is 2.53. The number of nitrogens with one attached hydrogen (secondary N) is 2. The number of rotatable bonds is 10. The zero-order chi connectivity index (χ0) is 19.3. The van der Waals surface area contributed by atoms with Gasteiger partial charge in [0.05, 0.1) is 6.61 Å². The highest BCUT2D eigenvalue weighted by atomic mass is 16.5. The van der Waals surface area contributed by atoms with Crippen LogP contribution in [0.3, 0.4) is 0 Å². The highest BCUT2D eigenvalue weighted by Gasteiger charge is 2.02. The number of hydrogen-bond donors (Lipinski definition) is 3. The van der Waals surface area contributed by atoms with Crippen molar-refractivity contribution in [2.45, 2.75) is 19.3 Å². The second kappa shape index (κ2) is 11.8. The summed E-state index contributed by atoms with van der Waals surface area (Å²) in [6.07, 6.45) is 2.77. The standard InChI is InChI=1S/C21H29N3O3/c1-22-21(23-13-4-6-17-9-11-19(25)12-10-17)24-18-7-3-8-20(16-18)27-15-5-14-26-2/h3,7-12,16,25H,4-6,13-15H2,1-2H3,(H2,22,23,24). The Labute approximate surface area is 161 Å². The summed E-state index contributed by atoms with van der Waals surface area (Å²) in [5, 5.41) is 15.9. The van der Waals surface area contributed by atoms with Gasteiger partial charge >= 0.3 is 0 Å². The molecule has 2 aromatic carbocycles. The minimum absolute atomic E-state index is 0.298. The normalized spacial score (nSPS) is 11.3. The van der Waals surface area contributed by atoms with Crippen LogP contribution in [0.15, 0.2) is 53.5 Å². The lowest BCUT2D eigenvalue weighted by Crippen LogP contribution is -2.31. The lowest BCUT2D eigenvalue weighted by molar-refractivity contribution is 0.172. The van der Waals surface area contributed by atoms with Crippen LogP contribution >= 0.6 is 0 Å². The number of phenols is 1. The molecule has 27 heavy (non-hydrogen) atoms. The lowest BCUT2D eigenvalue weighted by atomic mass is 10.1. The lowest BCUT2D eigenvalue weighted by Gasteiger charge is -2.13. The van der Waals surface area contributed by atoms with Gasteiger partial charge in [-0.05, 0) is 42.7 Å². The predicted molar refractivity (Wildman–Crippen MR) is 110 cm³/mol. The molecule has 0 aromatic heterocycles. The highest BCUT2D eigenvalue weighted by Crippen LogP contribution is 2.17. The summed E-state index contributed by atoms with van der Waals surface area (Å²) in [7, 11) is 3.44. The first kappa shape index (κ1) is 20.6. The van der Waals surface area contributed by atoms with Crippen molar-refractivity contribution in [3.05, 3.63) is 54.1 Å². The highest BCUT2D eigenvalue weighted by molar-refractivity contribution is 5.93. The number of guanidine groups is 1. The van der Waals surface area contributed by atoms with Gasteiger partial charge in [0.1, 0.15) is 11.5 Å². The van der Waals surface area contributed by atoms with E-state index in [1.54, 1.807) is 26.3 Å². The second-order valence-electron chi connectivity index (χ2n) is 6.12. The molecule has 0 atom stereocenters. The van der Waals surface area contributed by atoms with Crippen LogP contribution in [0, 0.1) is 0 Å². The summed E-state index contributed by atoms with van der Waals surface area (Å²) in [4.78, 5) is 4.26. The topological polar surface area (TPSA) is 75.1 Å². The molecule has 0 spiro atoms. The van der Waals surface area contributed by atoms with Crippen molar-refractivity contribution in [1.82, 2.24) is 5.32 Å². The Morgan fingerprint density at radius 2 is 1.89 bits per heavy atom. The maximum absolute atomic E-state index is 9.31. The molecule has 0 aliphatic carbocycles. The van der Waals surface area contributed by atoms with E-state index < -0.39 is 0 Å². The summed E-state index contributed by atoms with van der Waals surface area (Å²) in [6, 6.07) is 15.1. The molecule has 6 heteroatoms. The monoisotopic (exact) mass is 371 g/mol. The molecule has 0 unspecified atom stereocenters. The molecule has 2 rings (SSSR count). The van der Waals surface area contributed by atoms with E-state index in [2.05, 4.69) is 15.6 Å². The van der Waals surface area contributed by atoms with Crippen molar-refractivity contribution in [1.29, 1.82) is 0 Å². The van der Waals surface area contributed by atoms with Gasteiger partial charge in [0.15, 0.2) is 5.96 Å². The van der Waals surface area contributed by atoms with E-state index >= 15 is 0 Å². The molecule has 0 bridgehead atoms. The fraction of sp³-hybridized carbons (Fsp3) is 0.381. The van der Waals surface area contributed by atoms with Crippen LogP contribution in [0.4, 0.5) is 5.69 Å². The largest absolute Gasteiger partial charge is 0.508 e. The smallest absolute Gasteiger partial charge is 0.195 e. The number of aryl methyl sites for hydroxylation is 1. The number of nitrogens with zero attached hydrogens (tertiary/aromatic N) is 1. The Morgan fingerprint density at radius 3 is 2.63 bits per heavy atom. The molecule has 0 fully saturated rings. The number of phenolic OH excluding ortho intramolecular Hbond substituents is 1. The number of aromatic hydroxyl groups is 1. The Hall–Kier alpha value is -2.73. The molecule has 0 aliphatic heterocycles. The molecule has 6 nitrogen and oxygen atoms in total. The van der Waals surface area contributed by atoms with E-state index in [0.717, 1.165) is 43.2 Å². The van der Waals surface area contributed by atoms with Gasteiger partial charge in [0.25, 0.3) is 0 Å². The second-order valence-corrected chi connectivity index (χ2v) is 6.12. The van der Waals surface area contributed by atoms with Gasteiger partial charge in [0.2, 0.25) is 0 Å². The Kier molecular flexibility index (Phi) is 9.00. The number of ether oxygens (including phenoxy) is 2. The van der Waals surface area contributed by atoms with Crippen LogP contribution in [-0.4, -0.2) is 45.0 Å². The molecule has 0 saturated carbocycles. The Morgan fingerprint density at radius 1 is 1.07 bits per heavy atom. The van der Waals surface area contributed by atoms with E-state index in [4.69, 9.17) is 9.47 Å². The predicted octanol–water partition coefficient (Wildman–Crippen LogP) is 3.43. The number of hydrogen-bond acceptors (Lipinski definition) is 4. The summed E-state index contributed by atoms with van der Waals surface area (Å²) in [6.45, 7) is 2.12. The van der Waals surface area contributed by atoms with E-state index in [-0.39, 0.29) is 0 Å². The molecule has 0 saturated heterocycles.